The SMILES string of the molecule is O=C(O)[C@H]1CCCN1C(=O)C1CCOc2ccccc21. The van der Waals surface area contributed by atoms with Gasteiger partial charge in [-0.25, -0.2) is 4.79 Å². The number of carbonyl (C=O) groups is 2. The first-order chi connectivity index (χ1) is 9.68. The van der Waals surface area contributed by atoms with Crippen LogP contribution >= 0.6 is 0 Å². The number of fused-ring (bicyclic) bond motifs is 1. The maximum absolute atomic E-state index is 12.7. The molecular weight excluding hydrogens is 258 g/mol. The number of amides is 1. The number of ether oxygens (including phenoxy) is 1. The fraction of sp³-hybridized carbons (Fsp3) is 0.467. The van der Waals surface area contributed by atoms with Crippen LogP contribution in [-0.4, -0.2) is 41.1 Å². The van der Waals surface area contributed by atoms with Gasteiger partial charge in [-0.05, 0) is 25.3 Å². The monoisotopic (exact) mass is 275 g/mol. The lowest BCUT2D eigenvalue weighted by Gasteiger charge is -2.30. The smallest absolute Gasteiger partial charge is 0.326 e. The van der Waals surface area contributed by atoms with E-state index in [9.17, 15) is 14.7 Å². The van der Waals surface area contributed by atoms with Crippen LogP contribution in [0.5, 0.6) is 5.75 Å². The highest BCUT2D eigenvalue weighted by atomic mass is 16.5. The van der Waals surface area contributed by atoms with Crippen LogP contribution < -0.4 is 4.74 Å². The number of hydrogen-bond acceptors (Lipinski definition) is 3. The second-order valence-corrected chi connectivity index (χ2v) is 5.26. The molecule has 1 fully saturated rings. The predicted octanol–water partition coefficient (Wildman–Crippen LogP) is 1.63. The molecular formula is C15H17NO4. The van der Waals surface area contributed by atoms with Crippen LogP contribution in [0.25, 0.3) is 0 Å². The van der Waals surface area contributed by atoms with Crippen molar-refractivity contribution in [2.75, 3.05) is 13.2 Å². The molecule has 1 aromatic rings. The number of benzene rings is 1. The average molecular weight is 275 g/mol. The molecule has 0 bridgehead atoms. The Kier molecular flexibility index (Phi) is 3.34. The van der Waals surface area contributed by atoms with Crippen LogP contribution in [0.1, 0.15) is 30.7 Å². The first kappa shape index (κ1) is 13.0. The average Bonchev–Trinajstić information content (AvgIpc) is 2.95. The Morgan fingerprint density at radius 1 is 1.25 bits per heavy atom. The normalized spacial score (nSPS) is 24.9. The van der Waals surface area contributed by atoms with Crippen LogP contribution in [0.15, 0.2) is 24.3 Å². The molecule has 0 aromatic heterocycles. The molecule has 3 rings (SSSR count). The minimum atomic E-state index is -0.906. The van der Waals surface area contributed by atoms with Gasteiger partial charge in [0, 0.05) is 12.1 Å². The Bertz CT molecular complexity index is 542. The molecule has 106 valence electrons. The summed E-state index contributed by atoms with van der Waals surface area (Å²) in [4.78, 5) is 25.4. The minimum absolute atomic E-state index is 0.0781. The van der Waals surface area contributed by atoms with Crippen molar-refractivity contribution < 1.29 is 19.4 Å². The highest BCUT2D eigenvalue weighted by Crippen LogP contribution is 2.36. The molecule has 1 unspecified atom stereocenters. The molecule has 0 radical (unpaired) electrons. The first-order valence-corrected chi connectivity index (χ1v) is 6.93. The Labute approximate surface area is 117 Å². The van der Waals surface area contributed by atoms with E-state index in [0.717, 1.165) is 17.7 Å². The van der Waals surface area contributed by atoms with Crippen molar-refractivity contribution in [3.05, 3.63) is 29.8 Å². The van der Waals surface area contributed by atoms with Gasteiger partial charge in [-0.1, -0.05) is 18.2 Å². The quantitative estimate of drug-likeness (QED) is 0.890. The van der Waals surface area contributed by atoms with Crippen molar-refractivity contribution in [1.82, 2.24) is 4.90 Å². The second-order valence-electron chi connectivity index (χ2n) is 5.26. The summed E-state index contributed by atoms with van der Waals surface area (Å²) in [5.74, 6) is -0.523. The van der Waals surface area contributed by atoms with Gasteiger partial charge in [0.2, 0.25) is 5.91 Å². The van der Waals surface area contributed by atoms with Gasteiger partial charge in [-0.3, -0.25) is 4.79 Å². The van der Waals surface area contributed by atoms with Gasteiger partial charge in [-0.2, -0.15) is 0 Å². The fourth-order valence-electron chi connectivity index (χ4n) is 3.09. The number of rotatable bonds is 2. The van der Waals surface area contributed by atoms with E-state index in [1.165, 1.54) is 4.90 Å². The topological polar surface area (TPSA) is 66.8 Å². The molecule has 5 nitrogen and oxygen atoms in total. The number of hydrogen-bond donors (Lipinski definition) is 1. The largest absolute Gasteiger partial charge is 0.493 e. The number of carboxylic acid groups (broad SMARTS) is 1. The van der Waals surface area contributed by atoms with Crippen LogP contribution in [0.3, 0.4) is 0 Å². The lowest BCUT2D eigenvalue weighted by Crippen LogP contribution is -2.43. The predicted molar refractivity (Wildman–Crippen MR) is 71.7 cm³/mol. The maximum atomic E-state index is 12.7. The van der Waals surface area contributed by atoms with Gasteiger partial charge in [0.05, 0.1) is 12.5 Å². The van der Waals surface area contributed by atoms with Crippen molar-refractivity contribution >= 4 is 11.9 Å². The molecule has 0 spiro atoms. The number of nitrogens with zero attached hydrogens (tertiary/aromatic N) is 1. The summed E-state index contributed by atoms with van der Waals surface area (Å²) in [5, 5.41) is 9.21. The molecule has 5 heteroatoms. The van der Waals surface area contributed by atoms with E-state index in [4.69, 9.17) is 4.74 Å². The number of carboxylic acids is 1. The Balaban J connectivity index is 1.87. The Morgan fingerprint density at radius 3 is 2.85 bits per heavy atom. The van der Waals surface area contributed by atoms with Crippen LogP contribution in [0, 0.1) is 0 Å². The van der Waals surface area contributed by atoms with Gasteiger partial charge in [0.1, 0.15) is 11.8 Å². The zero-order valence-corrected chi connectivity index (χ0v) is 11.1. The van der Waals surface area contributed by atoms with Crippen molar-refractivity contribution in [2.45, 2.75) is 31.2 Å². The Hall–Kier alpha value is -2.04. The van der Waals surface area contributed by atoms with E-state index in [0.29, 0.717) is 26.0 Å². The summed E-state index contributed by atoms with van der Waals surface area (Å²) in [5.41, 5.74) is 0.875. The fourth-order valence-corrected chi connectivity index (χ4v) is 3.09. The number of likely N-dealkylation sites (tertiary alicyclic amines) is 1. The Morgan fingerprint density at radius 2 is 2.05 bits per heavy atom. The molecule has 0 aliphatic carbocycles. The third-order valence-electron chi connectivity index (χ3n) is 4.08. The molecule has 2 atom stereocenters. The molecule has 20 heavy (non-hydrogen) atoms. The summed E-state index contributed by atoms with van der Waals surface area (Å²) in [6.07, 6.45) is 1.91. The zero-order valence-electron chi connectivity index (χ0n) is 11.1. The van der Waals surface area contributed by atoms with Gasteiger partial charge >= 0.3 is 5.97 Å². The van der Waals surface area contributed by atoms with Crippen molar-refractivity contribution in [1.29, 1.82) is 0 Å². The molecule has 2 heterocycles. The minimum Gasteiger partial charge on any atom is -0.493 e. The third-order valence-corrected chi connectivity index (χ3v) is 4.08. The van der Waals surface area contributed by atoms with E-state index in [2.05, 4.69) is 0 Å². The molecule has 1 saturated heterocycles. The van der Waals surface area contributed by atoms with Crippen molar-refractivity contribution in [3.8, 4) is 5.75 Å². The van der Waals surface area contributed by atoms with Crippen molar-refractivity contribution in [2.24, 2.45) is 0 Å². The van der Waals surface area contributed by atoms with Crippen LogP contribution in [-0.2, 0) is 9.59 Å². The summed E-state index contributed by atoms with van der Waals surface area (Å²) >= 11 is 0. The maximum Gasteiger partial charge on any atom is 0.326 e. The molecule has 2 aliphatic rings. The van der Waals surface area contributed by atoms with Gasteiger partial charge in [-0.15, -0.1) is 0 Å². The van der Waals surface area contributed by atoms with Crippen LogP contribution in [0.4, 0.5) is 0 Å². The molecule has 2 aliphatic heterocycles. The van der Waals surface area contributed by atoms with E-state index in [1.54, 1.807) is 0 Å². The second kappa shape index (κ2) is 5.15. The van der Waals surface area contributed by atoms with Crippen molar-refractivity contribution in [3.63, 3.8) is 0 Å². The van der Waals surface area contributed by atoms with Gasteiger partial charge in [0.25, 0.3) is 0 Å². The molecule has 1 aromatic carbocycles. The highest BCUT2D eigenvalue weighted by Gasteiger charge is 2.39. The van der Waals surface area contributed by atoms with E-state index < -0.39 is 12.0 Å². The van der Waals surface area contributed by atoms with E-state index >= 15 is 0 Å². The standard InChI is InChI=1S/C15H17NO4/c17-14(16-8-3-5-12(16)15(18)19)11-7-9-20-13-6-2-1-4-10(11)13/h1-2,4,6,11-12H,3,5,7-9H2,(H,18,19)/t11?,12-/m1/s1. The van der Waals surface area contributed by atoms with E-state index in [1.807, 2.05) is 24.3 Å². The summed E-state index contributed by atoms with van der Waals surface area (Å²) in [6, 6.07) is 6.84. The van der Waals surface area contributed by atoms with Crippen LogP contribution in [0.2, 0.25) is 0 Å². The summed E-state index contributed by atoms with van der Waals surface area (Å²) < 4.78 is 5.55. The first-order valence-electron chi connectivity index (χ1n) is 6.93. The molecule has 1 N–H and O–H groups in total. The van der Waals surface area contributed by atoms with E-state index in [-0.39, 0.29) is 11.8 Å². The highest BCUT2D eigenvalue weighted by molar-refractivity contribution is 5.89. The number of carbonyl (C=O) groups excluding carboxylic acids is 1. The number of para-hydroxylation sites is 1. The van der Waals surface area contributed by atoms with Gasteiger partial charge in [0.15, 0.2) is 0 Å². The molecule has 0 saturated carbocycles. The lowest BCUT2D eigenvalue weighted by molar-refractivity contribution is -0.149. The molecule has 1 amide bonds. The lowest BCUT2D eigenvalue weighted by atomic mass is 9.91. The zero-order chi connectivity index (χ0) is 14.1. The third kappa shape index (κ3) is 2.13. The summed E-state index contributed by atoms with van der Waals surface area (Å²) in [6.45, 7) is 1.04. The summed E-state index contributed by atoms with van der Waals surface area (Å²) in [7, 11) is 0. The number of aliphatic carboxylic acids is 1. The van der Waals surface area contributed by atoms with Gasteiger partial charge < -0.3 is 14.7 Å².